The normalized spacial score (nSPS) is 31.7. The van der Waals surface area contributed by atoms with Crippen molar-refractivity contribution in [1.82, 2.24) is 0 Å². The maximum Gasteiger partial charge on any atom is 0.193 e. The van der Waals surface area contributed by atoms with E-state index in [2.05, 4.69) is 52.3 Å². The van der Waals surface area contributed by atoms with Gasteiger partial charge in [0.2, 0.25) is 0 Å². The van der Waals surface area contributed by atoms with E-state index in [1.54, 1.807) is 0 Å². The number of allylic oxidation sites excluding steroid dienone is 1. The molecule has 4 heteroatoms. The number of ether oxygens (including phenoxy) is 1. The van der Waals surface area contributed by atoms with E-state index in [0.717, 1.165) is 5.57 Å². The van der Waals surface area contributed by atoms with Gasteiger partial charge in [0.1, 0.15) is 18.3 Å². The fourth-order valence-corrected chi connectivity index (χ4v) is 3.35. The van der Waals surface area contributed by atoms with Gasteiger partial charge in [-0.05, 0) is 36.7 Å². The fraction of sp³-hybridized carbons (Fsp3) is 0.647. The van der Waals surface area contributed by atoms with Crippen LogP contribution < -0.4 is 0 Å². The zero-order valence-corrected chi connectivity index (χ0v) is 14.9. The topological polar surface area (TPSA) is 42.0 Å². The van der Waals surface area contributed by atoms with Gasteiger partial charge in [0.05, 0.1) is 6.10 Å². The predicted octanol–water partition coefficient (Wildman–Crippen LogP) is 3.02. The van der Waals surface area contributed by atoms with Gasteiger partial charge >= 0.3 is 0 Å². The smallest absolute Gasteiger partial charge is 0.193 e. The highest BCUT2D eigenvalue weighted by Crippen LogP contribution is 2.43. The summed E-state index contributed by atoms with van der Waals surface area (Å²) in [4.78, 5) is 0. The maximum absolute atomic E-state index is 10.2. The van der Waals surface area contributed by atoms with Crippen molar-refractivity contribution in [2.45, 2.75) is 70.2 Å². The molecule has 21 heavy (non-hydrogen) atoms. The Labute approximate surface area is 129 Å². The molecule has 3 nitrogen and oxygen atoms in total. The van der Waals surface area contributed by atoms with Crippen LogP contribution >= 0.6 is 0 Å². The lowest BCUT2D eigenvalue weighted by Crippen LogP contribution is -2.46. The molecule has 2 rings (SSSR count). The van der Waals surface area contributed by atoms with Crippen LogP contribution in [0.15, 0.2) is 23.8 Å². The molecule has 0 spiro atoms. The van der Waals surface area contributed by atoms with E-state index in [1.807, 2.05) is 13.0 Å². The number of hydrogen-bond donors (Lipinski definition) is 1. The van der Waals surface area contributed by atoms with Gasteiger partial charge in [-0.15, -0.1) is 0 Å². The molecule has 0 radical (unpaired) electrons. The third-order valence-corrected chi connectivity index (χ3v) is 8.99. The maximum atomic E-state index is 10.2. The molecule has 1 N–H and O–H groups in total. The van der Waals surface area contributed by atoms with Crippen LogP contribution in [0.2, 0.25) is 18.1 Å². The summed E-state index contributed by atoms with van der Waals surface area (Å²) in [6.45, 7) is 16.7. The van der Waals surface area contributed by atoms with Crippen LogP contribution in [0.25, 0.3) is 0 Å². The van der Waals surface area contributed by atoms with E-state index in [1.165, 1.54) is 0 Å². The summed E-state index contributed by atoms with van der Waals surface area (Å²) >= 11 is 0. The zero-order valence-electron chi connectivity index (χ0n) is 13.9. The molecule has 1 heterocycles. The van der Waals surface area contributed by atoms with Gasteiger partial charge in [-0.2, -0.15) is 0 Å². The first-order chi connectivity index (χ1) is 9.53. The highest BCUT2D eigenvalue weighted by molar-refractivity contribution is 6.74. The van der Waals surface area contributed by atoms with E-state index in [9.17, 15) is 5.11 Å². The Hall–Kier alpha value is -0.863. The number of fused-ring (bicyclic) bond motifs is 1. The fourth-order valence-electron chi connectivity index (χ4n) is 2.11. The van der Waals surface area contributed by atoms with Gasteiger partial charge in [-0.1, -0.05) is 39.2 Å². The first-order valence-corrected chi connectivity index (χ1v) is 10.3. The molecule has 0 saturated carbocycles. The Morgan fingerprint density at radius 2 is 2.00 bits per heavy atom. The summed E-state index contributed by atoms with van der Waals surface area (Å²) in [6.07, 6.45) is 1.01. The van der Waals surface area contributed by atoms with Gasteiger partial charge in [0, 0.05) is 5.57 Å². The lowest BCUT2D eigenvalue weighted by molar-refractivity contribution is 0.169. The van der Waals surface area contributed by atoms with Gasteiger partial charge in [0.15, 0.2) is 8.32 Å². The second-order valence-corrected chi connectivity index (χ2v) is 12.3. The number of hydrogen-bond acceptors (Lipinski definition) is 3. The molecule has 0 aromatic heterocycles. The van der Waals surface area contributed by atoms with Crippen LogP contribution in [0.5, 0.6) is 0 Å². The molecule has 4 atom stereocenters. The van der Waals surface area contributed by atoms with E-state index < -0.39 is 14.4 Å². The quantitative estimate of drug-likeness (QED) is 0.484. The van der Waals surface area contributed by atoms with Crippen molar-refractivity contribution in [1.29, 1.82) is 0 Å². The minimum atomic E-state index is -1.88. The largest absolute Gasteiger partial charge is 0.408 e. The summed E-state index contributed by atoms with van der Waals surface area (Å²) in [6, 6.07) is 0. The van der Waals surface area contributed by atoms with Gasteiger partial charge in [0.25, 0.3) is 0 Å². The van der Waals surface area contributed by atoms with E-state index in [-0.39, 0.29) is 23.4 Å². The van der Waals surface area contributed by atoms with Crippen molar-refractivity contribution in [3.8, 4) is 11.8 Å². The molecule has 1 aliphatic carbocycles. The summed E-state index contributed by atoms with van der Waals surface area (Å²) < 4.78 is 12.0. The van der Waals surface area contributed by atoms with Crippen LogP contribution in [0.3, 0.4) is 0 Å². The van der Waals surface area contributed by atoms with Crippen molar-refractivity contribution in [2.75, 3.05) is 0 Å². The Kier molecular flexibility index (Phi) is 4.25. The summed E-state index contributed by atoms with van der Waals surface area (Å²) in [7, 11) is -1.88. The molecule has 1 fully saturated rings. The van der Waals surface area contributed by atoms with Crippen molar-refractivity contribution < 1.29 is 14.3 Å². The molecule has 0 bridgehead atoms. The predicted molar refractivity (Wildman–Crippen MR) is 87.4 cm³/mol. The molecule has 0 aromatic carbocycles. The Morgan fingerprint density at radius 3 is 2.52 bits per heavy atom. The van der Waals surface area contributed by atoms with Crippen molar-refractivity contribution in [2.24, 2.45) is 0 Å². The van der Waals surface area contributed by atoms with Crippen LogP contribution in [-0.4, -0.2) is 37.8 Å². The zero-order chi connectivity index (χ0) is 16.0. The molecular weight excluding hydrogens is 280 g/mol. The summed E-state index contributed by atoms with van der Waals surface area (Å²) in [5, 5.41) is 10.3. The second-order valence-electron chi connectivity index (χ2n) is 7.51. The third kappa shape index (κ3) is 3.49. The van der Waals surface area contributed by atoms with Crippen molar-refractivity contribution in [3.05, 3.63) is 23.8 Å². The number of epoxide rings is 1. The summed E-state index contributed by atoms with van der Waals surface area (Å²) in [5.74, 6) is 5.93. The Morgan fingerprint density at radius 1 is 1.38 bits per heavy atom. The van der Waals surface area contributed by atoms with Crippen LogP contribution in [0.4, 0.5) is 0 Å². The van der Waals surface area contributed by atoms with Crippen molar-refractivity contribution in [3.63, 3.8) is 0 Å². The average Bonchev–Trinajstić information content (AvgIpc) is 3.09. The van der Waals surface area contributed by atoms with E-state index in [0.29, 0.717) is 5.57 Å². The standard InChI is InChI=1S/C17H26O3Si/c1-11(2)8-9-12-10-13(15-16(19-15)14(12)18)20-21(6,7)17(3,4)5/h10,13-16,18H,1H2,2-7H3/t13-,14+,15+,16-/m0/s1. The second kappa shape index (κ2) is 5.40. The molecule has 2 aliphatic rings. The average molecular weight is 306 g/mol. The first kappa shape index (κ1) is 16.5. The van der Waals surface area contributed by atoms with Gasteiger partial charge in [-0.25, -0.2) is 0 Å². The Bertz CT molecular complexity index is 530. The lowest BCUT2D eigenvalue weighted by atomic mass is 9.95. The molecule has 0 amide bonds. The highest BCUT2D eigenvalue weighted by atomic mass is 28.4. The van der Waals surface area contributed by atoms with Crippen LogP contribution in [-0.2, 0) is 9.16 Å². The van der Waals surface area contributed by atoms with Crippen LogP contribution in [0.1, 0.15) is 27.7 Å². The minimum Gasteiger partial charge on any atom is -0.408 e. The van der Waals surface area contributed by atoms with Crippen molar-refractivity contribution >= 4 is 8.32 Å². The third-order valence-electron chi connectivity index (χ3n) is 4.52. The van der Waals surface area contributed by atoms with Gasteiger partial charge in [-0.3, -0.25) is 0 Å². The SMILES string of the molecule is C=C(C)C#CC1=C[C@H](O[Si](C)(C)C(C)(C)C)[C@H]2O[C@H]2[C@@H]1O. The molecular formula is C17H26O3Si. The summed E-state index contributed by atoms with van der Waals surface area (Å²) in [5.41, 5.74) is 1.48. The molecule has 0 unspecified atom stereocenters. The number of aliphatic hydroxyl groups excluding tert-OH is 1. The molecule has 116 valence electrons. The number of rotatable bonds is 2. The van der Waals surface area contributed by atoms with E-state index in [4.69, 9.17) is 9.16 Å². The monoisotopic (exact) mass is 306 g/mol. The highest BCUT2D eigenvalue weighted by Gasteiger charge is 2.55. The minimum absolute atomic E-state index is 0.0236. The van der Waals surface area contributed by atoms with E-state index >= 15 is 0 Å². The molecule has 1 saturated heterocycles. The lowest BCUT2D eigenvalue weighted by Gasteiger charge is -2.39. The Balaban J connectivity index is 2.21. The van der Waals surface area contributed by atoms with Crippen LogP contribution in [0, 0.1) is 11.8 Å². The molecule has 1 aliphatic heterocycles. The molecule has 0 aromatic rings. The van der Waals surface area contributed by atoms with Gasteiger partial charge < -0.3 is 14.3 Å². The first-order valence-electron chi connectivity index (χ1n) is 7.43. The number of aliphatic hydroxyl groups is 1.